The maximum Gasteiger partial charge on any atom is 0.411 e. The van der Waals surface area contributed by atoms with Gasteiger partial charge in [0.1, 0.15) is 18.1 Å². The lowest BCUT2D eigenvalue weighted by Crippen LogP contribution is -2.38. The molecular weight excluding hydrogens is 574 g/mol. The van der Waals surface area contributed by atoms with Crippen LogP contribution in [-0.2, 0) is 27.9 Å². The minimum absolute atomic E-state index is 0.0693. The number of ether oxygens (including phenoxy) is 3. The molecule has 3 aromatic carbocycles. The monoisotopic (exact) mass is 605 g/mol. The number of nitrogens with zero attached hydrogens (tertiary/aromatic N) is 2. The van der Waals surface area contributed by atoms with Gasteiger partial charge in [0.15, 0.2) is 5.60 Å². The Morgan fingerprint density at radius 2 is 1.91 bits per heavy atom. The maximum absolute atomic E-state index is 13.3. The van der Waals surface area contributed by atoms with Crippen molar-refractivity contribution < 1.29 is 28.7 Å². The van der Waals surface area contributed by atoms with Crippen LogP contribution in [0, 0.1) is 10.1 Å². The minimum atomic E-state index is -1.19. The standard InChI is InChI=1S/C35H31N3O7/c1-3-24(38(41)42)14-12-21(2)20-43-34(40)36-23-13-15-28-30(19-23)44-32-26-10-7-17-37-16-6-8-22(31(26)37)18-29(32)35(28)27-11-5-4-9-25(27)33(39)45-35/h3-5,9,11-15,18-19H,1,6-8,10,16-17,20H2,2H3,(H,36,40)/b21-12+,24-14+. The van der Waals surface area contributed by atoms with Gasteiger partial charge < -0.3 is 19.1 Å². The molecule has 0 aromatic heterocycles. The molecule has 0 bridgehead atoms. The van der Waals surface area contributed by atoms with Gasteiger partial charge >= 0.3 is 12.1 Å². The molecule has 4 aliphatic heterocycles. The van der Waals surface area contributed by atoms with E-state index in [-0.39, 0.29) is 18.3 Å². The first-order valence-electron chi connectivity index (χ1n) is 15.0. The highest BCUT2D eigenvalue weighted by Crippen LogP contribution is 2.59. The van der Waals surface area contributed by atoms with Crippen molar-refractivity contribution in [3.05, 3.63) is 128 Å². The van der Waals surface area contributed by atoms with Gasteiger partial charge in [0.25, 0.3) is 5.70 Å². The molecule has 0 fully saturated rings. The summed E-state index contributed by atoms with van der Waals surface area (Å²) >= 11 is 0. The summed E-state index contributed by atoms with van der Waals surface area (Å²) < 4.78 is 18.4. The van der Waals surface area contributed by atoms with Gasteiger partial charge in [0, 0.05) is 64.9 Å². The molecule has 10 heteroatoms. The van der Waals surface area contributed by atoms with Gasteiger partial charge in [0.05, 0.1) is 10.5 Å². The van der Waals surface area contributed by atoms with E-state index >= 15 is 0 Å². The van der Waals surface area contributed by atoms with E-state index in [2.05, 4.69) is 22.9 Å². The molecule has 228 valence electrons. The number of hydrogen-bond acceptors (Lipinski definition) is 8. The number of anilines is 2. The highest BCUT2D eigenvalue weighted by Gasteiger charge is 2.54. The SMILES string of the molecule is C=C/C(=C\C=C(/C)COC(=O)Nc1ccc2c(c1)Oc1c(cc3c4c1CCCN4CCC3)C21OC(=O)c2ccccc21)[N+](=O)[O-]. The van der Waals surface area contributed by atoms with Crippen molar-refractivity contribution in [2.75, 3.05) is 29.9 Å². The molecule has 4 heterocycles. The van der Waals surface area contributed by atoms with Gasteiger partial charge in [-0.2, -0.15) is 0 Å². The summed E-state index contributed by atoms with van der Waals surface area (Å²) in [4.78, 5) is 38.9. The van der Waals surface area contributed by atoms with Crippen molar-refractivity contribution in [3.8, 4) is 11.5 Å². The Balaban J connectivity index is 1.24. The van der Waals surface area contributed by atoms with Crippen molar-refractivity contribution >= 4 is 23.4 Å². The number of rotatable bonds is 6. The minimum Gasteiger partial charge on any atom is -0.456 e. The number of amides is 1. The van der Waals surface area contributed by atoms with Crippen molar-refractivity contribution in [2.24, 2.45) is 0 Å². The summed E-state index contributed by atoms with van der Waals surface area (Å²) in [6.45, 7) is 7.06. The zero-order valence-corrected chi connectivity index (χ0v) is 24.8. The van der Waals surface area contributed by atoms with Gasteiger partial charge in [-0.05, 0) is 68.0 Å². The summed E-state index contributed by atoms with van der Waals surface area (Å²) in [7, 11) is 0. The van der Waals surface area contributed by atoms with Gasteiger partial charge in [0.2, 0.25) is 0 Å². The van der Waals surface area contributed by atoms with E-state index in [4.69, 9.17) is 14.2 Å². The fourth-order valence-corrected chi connectivity index (χ4v) is 6.87. The average Bonchev–Trinajstić information content (AvgIpc) is 3.33. The second kappa shape index (κ2) is 11.0. The Labute approximate surface area is 259 Å². The number of carbonyl (C=O) groups is 2. The zero-order valence-electron chi connectivity index (χ0n) is 24.8. The summed E-state index contributed by atoms with van der Waals surface area (Å²) in [5.74, 6) is 0.797. The number of benzene rings is 3. The van der Waals surface area contributed by atoms with Gasteiger partial charge in [-0.3, -0.25) is 15.4 Å². The molecule has 0 saturated heterocycles. The van der Waals surface area contributed by atoms with Crippen LogP contribution >= 0.6 is 0 Å². The van der Waals surface area contributed by atoms with Gasteiger partial charge in [-0.1, -0.05) is 30.9 Å². The molecule has 7 rings (SSSR count). The first-order chi connectivity index (χ1) is 21.8. The number of nitro groups is 1. The fourth-order valence-electron chi connectivity index (χ4n) is 6.87. The van der Waals surface area contributed by atoms with E-state index in [1.165, 1.54) is 23.4 Å². The molecule has 3 aromatic rings. The third-order valence-electron chi connectivity index (χ3n) is 8.83. The molecule has 45 heavy (non-hydrogen) atoms. The molecular formula is C35H31N3O7. The second-order valence-corrected chi connectivity index (χ2v) is 11.6. The lowest BCUT2D eigenvalue weighted by Gasteiger charge is -2.42. The Kier molecular flexibility index (Phi) is 6.92. The quantitative estimate of drug-likeness (QED) is 0.141. The molecule has 4 aliphatic rings. The van der Waals surface area contributed by atoms with Crippen molar-refractivity contribution in [3.63, 3.8) is 0 Å². The zero-order chi connectivity index (χ0) is 31.3. The second-order valence-electron chi connectivity index (χ2n) is 11.6. The lowest BCUT2D eigenvalue weighted by molar-refractivity contribution is -0.418. The fraction of sp³-hybridized carbons (Fsp3) is 0.257. The van der Waals surface area contributed by atoms with Crippen LogP contribution in [0.1, 0.15) is 57.9 Å². The van der Waals surface area contributed by atoms with Crippen LogP contribution in [0.25, 0.3) is 0 Å². The number of hydrogen-bond donors (Lipinski definition) is 1. The number of carbonyl (C=O) groups excluding carboxylic acids is 2. The predicted octanol–water partition coefficient (Wildman–Crippen LogP) is 6.79. The molecule has 1 amide bonds. The van der Waals surface area contributed by atoms with Crippen LogP contribution in [0.2, 0.25) is 0 Å². The molecule has 1 spiro atoms. The Bertz CT molecular complexity index is 1860. The number of aryl methyl sites for hydroxylation is 1. The molecule has 1 unspecified atom stereocenters. The van der Waals surface area contributed by atoms with Crippen molar-refractivity contribution in [2.45, 2.75) is 38.2 Å². The third-order valence-corrected chi connectivity index (χ3v) is 8.83. The van der Waals surface area contributed by atoms with E-state index in [1.54, 1.807) is 25.1 Å². The number of nitrogens with one attached hydrogen (secondary N) is 1. The highest BCUT2D eigenvalue weighted by atomic mass is 16.6. The van der Waals surface area contributed by atoms with Crippen LogP contribution in [0.4, 0.5) is 16.2 Å². The maximum atomic E-state index is 13.3. The summed E-state index contributed by atoms with van der Waals surface area (Å²) in [6, 6.07) is 14.9. The highest BCUT2D eigenvalue weighted by molar-refractivity contribution is 5.97. The summed E-state index contributed by atoms with van der Waals surface area (Å²) in [6.07, 6.45) is 7.12. The van der Waals surface area contributed by atoms with E-state index in [0.29, 0.717) is 33.9 Å². The van der Waals surface area contributed by atoms with Gasteiger partial charge in [-0.25, -0.2) is 9.59 Å². The van der Waals surface area contributed by atoms with Gasteiger partial charge in [-0.15, -0.1) is 0 Å². The third kappa shape index (κ3) is 4.64. The number of allylic oxidation sites excluding steroid dienone is 3. The summed E-state index contributed by atoms with van der Waals surface area (Å²) in [5, 5.41) is 13.7. The predicted molar refractivity (Wildman–Crippen MR) is 168 cm³/mol. The largest absolute Gasteiger partial charge is 0.456 e. The van der Waals surface area contributed by atoms with Crippen molar-refractivity contribution in [1.29, 1.82) is 0 Å². The van der Waals surface area contributed by atoms with Crippen LogP contribution in [0.3, 0.4) is 0 Å². The van der Waals surface area contributed by atoms with E-state index in [1.807, 2.05) is 24.3 Å². The molecule has 0 saturated carbocycles. The smallest absolute Gasteiger partial charge is 0.411 e. The lowest BCUT2D eigenvalue weighted by atomic mass is 9.75. The Hall–Kier alpha value is -5.38. The number of esters is 1. The van der Waals surface area contributed by atoms with Crippen molar-refractivity contribution in [1.82, 2.24) is 0 Å². The molecule has 0 aliphatic carbocycles. The molecule has 1 N–H and O–H groups in total. The first kappa shape index (κ1) is 28.4. The normalized spacial score (nSPS) is 19.4. The van der Waals surface area contributed by atoms with Crippen LogP contribution in [0.5, 0.6) is 11.5 Å². The number of fused-ring (bicyclic) bond motifs is 7. The Morgan fingerprint density at radius 3 is 2.71 bits per heavy atom. The first-order valence-corrected chi connectivity index (χ1v) is 15.0. The Morgan fingerprint density at radius 1 is 1.11 bits per heavy atom. The van der Waals surface area contributed by atoms with Crippen LogP contribution in [-0.4, -0.2) is 36.7 Å². The average molecular weight is 606 g/mol. The van der Waals surface area contributed by atoms with Crippen LogP contribution < -0.4 is 15.0 Å². The van der Waals surface area contributed by atoms with E-state index < -0.39 is 16.6 Å². The molecule has 1 atom stereocenters. The molecule has 10 nitrogen and oxygen atoms in total. The van der Waals surface area contributed by atoms with Crippen LogP contribution in [0.15, 0.2) is 84.6 Å². The molecule has 0 radical (unpaired) electrons. The summed E-state index contributed by atoms with van der Waals surface area (Å²) in [5.41, 5.74) is 6.10. The van der Waals surface area contributed by atoms with E-state index in [0.717, 1.165) is 61.5 Å². The topological polar surface area (TPSA) is 120 Å². The van der Waals surface area contributed by atoms with E-state index in [9.17, 15) is 19.7 Å².